The van der Waals surface area contributed by atoms with E-state index >= 15 is 0 Å². The summed E-state index contributed by atoms with van der Waals surface area (Å²) in [5, 5.41) is 4.33. The van der Waals surface area contributed by atoms with Gasteiger partial charge < -0.3 is 5.32 Å². The largest absolute Gasteiger partial charge is 0.320 e. The predicted octanol–water partition coefficient (Wildman–Crippen LogP) is 4.75. The van der Waals surface area contributed by atoms with E-state index in [1.165, 1.54) is 0 Å². The van der Waals surface area contributed by atoms with Crippen LogP contribution in [0.2, 0.25) is 5.02 Å². The van der Waals surface area contributed by atoms with E-state index in [1.807, 2.05) is 30.3 Å². The fourth-order valence-electron chi connectivity index (χ4n) is 2.06. The molecule has 0 aliphatic rings. The van der Waals surface area contributed by atoms with Gasteiger partial charge in [-0.15, -0.1) is 0 Å². The first kappa shape index (κ1) is 14.3. The van der Waals surface area contributed by atoms with Crippen molar-refractivity contribution in [2.24, 2.45) is 0 Å². The topological polar surface area (TPSA) is 42.0 Å². The summed E-state index contributed by atoms with van der Waals surface area (Å²) in [5.74, 6) is -0.164. The summed E-state index contributed by atoms with van der Waals surface area (Å²) in [4.78, 5) is 16.6. The molecule has 1 heterocycles. The zero-order valence-corrected chi connectivity index (χ0v) is 13.7. The highest BCUT2D eigenvalue weighted by Gasteiger charge is 2.10. The number of benzene rings is 2. The van der Waals surface area contributed by atoms with E-state index in [0.717, 1.165) is 8.96 Å². The fourth-order valence-corrected chi connectivity index (χ4v) is 2.82. The van der Waals surface area contributed by atoms with Crippen LogP contribution in [0.1, 0.15) is 10.4 Å². The third-order valence-corrected chi connectivity index (χ3v) is 4.05. The number of fused-ring (bicyclic) bond motifs is 1. The van der Waals surface area contributed by atoms with E-state index in [2.05, 4.69) is 32.9 Å². The molecule has 3 aromatic rings. The Kier molecular flexibility index (Phi) is 4.07. The van der Waals surface area contributed by atoms with Crippen LogP contribution in [0.3, 0.4) is 0 Å². The first-order chi connectivity index (χ1) is 10.1. The Balaban J connectivity index is 1.99. The van der Waals surface area contributed by atoms with Gasteiger partial charge in [0.05, 0.1) is 16.2 Å². The number of carbonyl (C=O) groups is 1. The van der Waals surface area contributed by atoms with E-state index in [-0.39, 0.29) is 5.91 Å². The van der Waals surface area contributed by atoms with Crippen molar-refractivity contribution in [3.63, 3.8) is 0 Å². The van der Waals surface area contributed by atoms with Gasteiger partial charge >= 0.3 is 0 Å². The fraction of sp³-hybridized carbons (Fsp3) is 0. The molecule has 2 aromatic carbocycles. The lowest BCUT2D eigenvalue weighted by Crippen LogP contribution is -2.12. The molecule has 0 saturated heterocycles. The summed E-state index contributed by atoms with van der Waals surface area (Å²) in [6, 6.07) is 14.6. The third-order valence-electron chi connectivity index (χ3n) is 3.05. The summed E-state index contributed by atoms with van der Waals surface area (Å²) in [6.07, 6.45) is 1.68. The van der Waals surface area contributed by atoms with Crippen molar-refractivity contribution in [2.45, 2.75) is 0 Å². The maximum Gasteiger partial charge on any atom is 0.255 e. The second kappa shape index (κ2) is 5.99. The van der Waals surface area contributed by atoms with Crippen LogP contribution in [0.4, 0.5) is 5.69 Å². The number of halogens is 2. The van der Waals surface area contributed by atoms with Crippen molar-refractivity contribution >= 4 is 56.7 Å². The minimum atomic E-state index is -0.164. The van der Waals surface area contributed by atoms with Gasteiger partial charge in [0.25, 0.3) is 5.91 Å². The van der Waals surface area contributed by atoms with Crippen LogP contribution in [0.5, 0.6) is 0 Å². The molecule has 1 N–H and O–H groups in total. The van der Waals surface area contributed by atoms with Crippen LogP contribution < -0.4 is 5.32 Å². The Morgan fingerprint density at radius 2 is 2.00 bits per heavy atom. The molecule has 5 heteroatoms. The lowest BCUT2D eigenvalue weighted by molar-refractivity contribution is 0.102. The van der Waals surface area contributed by atoms with Gasteiger partial charge in [-0.2, -0.15) is 0 Å². The molecule has 3 nitrogen and oxygen atoms in total. The molecule has 0 aliphatic carbocycles. The highest BCUT2D eigenvalue weighted by Crippen LogP contribution is 2.28. The van der Waals surface area contributed by atoms with Crippen molar-refractivity contribution in [2.75, 3.05) is 5.32 Å². The molecular weight excluding hydrogens is 399 g/mol. The summed E-state index contributed by atoms with van der Waals surface area (Å²) in [7, 11) is 0. The van der Waals surface area contributed by atoms with Crippen LogP contribution in [-0.4, -0.2) is 10.9 Å². The smallest absolute Gasteiger partial charge is 0.255 e. The minimum absolute atomic E-state index is 0.164. The molecule has 0 unspecified atom stereocenters. The Morgan fingerprint density at radius 3 is 2.81 bits per heavy atom. The second-order valence-electron chi connectivity index (χ2n) is 4.46. The molecule has 1 amide bonds. The number of amides is 1. The van der Waals surface area contributed by atoms with E-state index in [0.29, 0.717) is 21.8 Å². The lowest BCUT2D eigenvalue weighted by atomic mass is 10.1. The number of nitrogens with zero attached hydrogens (tertiary/aromatic N) is 1. The van der Waals surface area contributed by atoms with Crippen molar-refractivity contribution in [3.8, 4) is 0 Å². The molecule has 0 atom stereocenters. The predicted molar refractivity (Wildman–Crippen MR) is 93.9 cm³/mol. The lowest BCUT2D eigenvalue weighted by Gasteiger charge is -2.09. The van der Waals surface area contributed by atoms with Gasteiger partial charge in [-0.1, -0.05) is 17.7 Å². The average Bonchev–Trinajstić information content (AvgIpc) is 2.50. The van der Waals surface area contributed by atoms with Gasteiger partial charge in [-0.3, -0.25) is 9.78 Å². The maximum atomic E-state index is 12.3. The monoisotopic (exact) mass is 408 g/mol. The summed E-state index contributed by atoms with van der Waals surface area (Å²) < 4.78 is 1.01. The normalized spacial score (nSPS) is 10.6. The molecule has 104 valence electrons. The Labute approximate surface area is 140 Å². The van der Waals surface area contributed by atoms with Crippen molar-refractivity contribution in [1.29, 1.82) is 0 Å². The SMILES string of the molecule is O=C(Nc1ccc(Cl)c2cccnc12)c1cccc(I)c1. The summed E-state index contributed by atoms with van der Waals surface area (Å²) in [6.45, 7) is 0. The maximum absolute atomic E-state index is 12.3. The highest BCUT2D eigenvalue weighted by atomic mass is 127. The minimum Gasteiger partial charge on any atom is -0.320 e. The number of nitrogens with one attached hydrogen (secondary N) is 1. The van der Waals surface area contributed by atoms with Crippen LogP contribution in [0.25, 0.3) is 10.9 Å². The molecule has 0 saturated carbocycles. The number of pyridine rings is 1. The van der Waals surface area contributed by atoms with Crippen molar-refractivity contribution < 1.29 is 4.79 Å². The van der Waals surface area contributed by atoms with Gasteiger partial charge in [0.15, 0.2) is 0 Å². The second-order valence-corrected chi connectivity index (χ2v) is 6.11. The van der Waals surface area contributed by atoms with E-state index in [4.69, 9.17) is 11.6 Å². The van der Waals surface area contributed by atoms with Crippen molar-refractivity contribution in [3.05, 3.63) is 68.9 Å². The molecule has 0 spiro atoms. The van der Waals surface area contributed by atoms with Crippen LogP contribution in [0.15, 0.2) is 54.7 Å². The zero-order valence-electron chi connectivity index (χ0n) is 10.8. The van der Waals surface area contributed by atoms with E-state index in [1.54, 1.807) is 24.4 Å². The Morgan fingerprint density at radius 1 is 1.14 bits per heavy atom. The summed E-state index contributed by atoms with van der Waals surface area (Å²) in [5.41, 5.74) is 1.95. The molecule has 21 heavy (non-hydrogen) atoms. The Bertz CT molecular complexity index is 835. The number of anilines is 1. The van der Waals surface area contributed by atoms with Crippen LogP contribution in [-0.2, 0) is 0 Å². The molecule has 0 radical (unpaired) electrons. The average molecular weight is 409 g/mol. The van der Waals surface area contributed by atoms with E-state index < -0.39 is 0 Å². The molecule has 1 aromatic heterocycles. The summed E-state index contributed by atoms with van der Waals surface area (Å²) >= 11 is 8.33. The molecule has 0 fully saturated rings. The number of hydrogen-bond acceptors (Lipinski definition) is 2. The van der Waals surface area contributed by atoms with Gasteiger partial charge in [0, 0.05) is 20.7 Å². The highest BCUT2D eigenvalue weighted by molar-refractivity contribution is 14.1. The molecule has 3 rings (SSSR count). The van der Waals surface area contributed by atoms with Crippen molar-refractivity contribution in [1.82, 2.24) is 4.98 Å². The Hall–Kier alpha value is -1.66. The third kappa shape index (κ3) is 3.01. The van der Waals surface area contributed by atoms with Crippen LogP contribution >= 0.6 is 34.2 Å². The molecule has 0 aliphatic heterocycles. The van der Waals surface area contributed by atoms with Gasteiger partial charge in [-0.25, -0.2) is 0 Å². The van der Waals surface area contributed by atoms with Crippen LogP contribution in [0, 0.1) is 3.57 Å². The number of carbonyl (C=O) groups excluding carboxylic acids is 1. The van der Waals surface area contributed by atoms with E-state index in [9.17, 15) is 4.79 Å². The zero-order chi connectivity index (χ0) is 14.8. The number of hydrogen-bond donors (Lipinski definition) is 1. The molecule has 0 bridgehead atoms. The quantitative estimate of drug-likeness (QED) is 0.622. The number of rotatable bonds is 2. The number of aromatic nitrogens is 1. The first-order valence-corrected chi connectivity index (χ1v) is 7.71. The van der Waals surface area contributed by atoms with Gasteiger partial charge in [-0.05, 0) is 65.1 Å². The molecular formula is C16H10ClIN2O. The standard InChI is InChI=1S/C16H10ClIN2O/c17-13-6-7-14(15-12(13)5-2-8-19-15)20-16(21)10-3-1-4-11(18)9-10/h1-9H,(H,20,21). The van der Waals surface area contributed by atoms with Gasteiger partial charge in [0.1, 0.15) is 0 Å². The first-order valence-electron chi connectivity index (χ1n) is 6.25. The van der Waals surface area contributed by atoms with Gasteiger partial charge in [0.2, 0.25) is 0 Å².